The first-order valence-corrected chi connectivity index (χ1v) is 6.88. The van der Waals surface area contributed by atoms with Gasteiger partial charge in [-0.15, -0.1) is 0 Å². The molecule has 1 aromatic carbocycles. The molecule has 1 atom stereocenters. The lowest BCUT2D eigenvalue weighted by atomic mass is 9.98. The highest BCUT2D eigenvalue weighted by molar-refractivity contribution is 6.30. The minimum Gasteiger partial charge on any atom is -0.381 e. The zero-order valence-corrected chi connectivity index (χ0v) is 12.6. The molecule has 0 bridgehead atoms. The Morgan fingerprint density at radius 2 is 1.83 bits per heavy atom. The Balaban J connectivity index is 2.68. The van der Waals surface area contributed by atoms with E-state index in [9.17, 15) is 0 Å². The molecule has 102 valence electrons. The fourth-order valence-corrected chi connectivity index (χ4v) is 1.82. The van der Waals surface area contributed by atoms with E-state index in [0.29, 0.717) is 5.92 Å². The number of ether oxygens (including phenoxy) is 1. The lowest BCUT2D eigenvalue weighted by Crippen LogP contribution is -2.39. The minimum absolute atomic E-state index is 0.122. The highest BCUT2D eigenvalue weighted by atomic mass is 35.5. The van der Waals surface area contributed by atoms with E-state index < -0.39 is 0 Å². The summed E-state index contributed by atoms with van der Waals surface area (Å²) in [7, 11) is 0. The van der Waals surface area contributed by atoms with Crippen LogP contribution in [-0.4, -0.2) is 25.3 Å². The summed E-state index contributed by atoms with van der Waals surface area (Å²) < 4.78 is 5.57. The molecule has 1 aromatic rings. The number of benzene rings is 1. The van der Waals surface area contributed by atoms with Crippen LogP contribution in [-0.2, 0) is 4.74 Å². The van der Waals surface area contributed by atoms with Gasteiger partial charge >= 0.3 is 0 Å². The van der Waals surface area contributed by atoms with E-state index in [1.54, 1.807) is 0 Å². The van der Waals surface area contributed by atoms with Gasteiger partial charge in [-0.25, -0.2) is 0 Å². The Morgan fingerprint density at radius 1 is 1.22 bits per heavy atom. The first-order chi connectivity index (χ1) is 8.42. The van der Waals surface area contributed by atoms with Gasteiger partial charge in [0.25, 0.3) is 0 Å². The van der Waals surface area contributed by atoms with E-state index in [2.05, 4.69) is 38.2 Å². The van der Waals surface area contributed by atoms with Gasteiger partial charge in [-0.1, -0.05) is 23.7 Å². The molecule has 0 aliphatic heterocycles. The highest BCUT2D eigenvalue weighted by Gasteiger charge is 2.16. The summed E-state index contributed by atoms with van der Waals surface area (Å²) in [6.45, 7) is 10.9. The standard InChI is InChI=1S/C15H24ClNO/c1-5-18-11-13(10-17-15(2,3)4)12-6-8-14(16)9-7-12/h6-9,13,17H,5,10-11H2,1-4H3. The molecular formula is C15H24ClNO. The summed E-state index contributed by atoms with van der Waals surface area (Å²) in [6, 6.07) is 8.03. The van der Waals surface area contributed by atoms with Crippen molar-refractivity contribution in [2.75, 3.05) is 19.8 Å². The zero-order chi connectivity index (χ0) is 13.6. The van der Waals surface area contributed by atoms with E-state index in [1.165, 1.54) is 5.56 Å². The average Bonchev–Trinajstić information content (AvgIpc) is 2.29. The molecule has 0 aromatic heterocycles. The van der Waals surface area contributed by atoms with Crippen LogP contribution < -0.4 is 5.32 Å². The molecule has 0 saturated heterocycles. The third kappa shape index (κ3) is 5.85. The van der Waals surface area contributed by atoms with Crippen LogP contribution in [0.4, 0.5) is 0 Å². The quantitative estimate of drug-likeness (QED) is 0.847. The van der Waals surface area contributed by atoms with Crippen molar-refractivity contribution in [3.05, 3.63) is 34.9 Å². The molecule has 0 heterocycles. The van der Waals surface area contributed by atoms with Crippen molar-refractivity contribution < 1.29 is 4.74 Å². The van der Waals surface area contributed by atoms with E-state index in [1.807, 2.05) is 19.1 Å². The smallest absolute Gasteiger partial charge is 0.0546 e. The molecule has 0 radical (unpaired) electrons. The molecule has 2 nitrogen and oxygen atoms in total. The number of hydrogen-bond donors (Lipinski definition) is 1. The third-order valence-corrected chi connectivity index (χ3v) is 3.00. The molecular weight excluding hydrogens is 246 g/mol. The number of rotatable bonds is 6. The second-order valence-corrected chi connectivity index (χ2v) is 5.98. The predicted molar refractivity (Wildman–Crippen MR) is 78.4 cm³/mol. The van der Waals surface area contributed by atoms with Crippen molar-refractivity contribution >= 4 is 11.6 Å². The maximum absolute atomic E-state index is 5.92. The molecule has 18 heavy (non-hydrogen) atoms. The number of halogens is 1. The minimum atomic E-state index is 0.122. The summed E-state index contributed by atoms with van der Waals surface area (Å²) >= 11 is 5.92. The van der Waals surface area contributed by atoms with Crippen LogP contribution in [0.1, 0.15) is 39.2 Å². The fourth-order valence-electron chi connectivity index (χ4n) is 1.70. The first-order valence-electron chi connectivity index (χ1n) is 6.50. The van der Waals surface area contributed by atoms with Gasteiger partial charge in [-0.2, -0.15) is 0 Å². The second kappa shape index (κ2) is 7.13. The van der Waals surface area contributed by atoms with Crippen LogP contribution in [0, 0.1) is 0 Å². The number of hydrogen-bond acceptors (Lipinski definition) is 2. The fraction of sp³-hybridized carbons (Fsp3) is 0.600. The van der Waals surface area contributed by atoms with Gasteiger partial charge in [0, 0.05) is 29.6 Å². The van der Waals surface area contributed by atoms with Crippen LogP contribution >= 0.6 is 11.6 Å². The third-order valence-electron chi connectivity index (χ3n) is 2.74. The van der Waals surface area contributed by atoms with Crippen LogP contribution in [0.5, 0.6) is 0 Å². The van der Waals surface area contributed by atoms with Gasteiger partial charge in [0.15, 0.2) is 0 Å². The Bertz CT molecular complexity index is 343. The second-order valence-electron chi connectivity index (χ2n) is 5.54. The average molecular weight is 270 g/mol. The maximum atomic E-state index is 5.92. The van der Waals surface area contributed by atoms with Gasteiger partial charge < -0.3 is 10.1 Å². The zero-order valence-electron chi connectivity index (χ0n) is 11.8. The SMILES string of the molecule is CCOCC(CNC(C)(C)C)c1ccc(Cl)cc1. The van der Waals surface area contributed by atoms with Crippen LogP contribution in [0.15, 0.2) is 24.3 Å². The lowest BCUT2D eigenvalue weighted by Gasteiger charge is -2.25. The van der Waals surface area contributed by atoms with Crippen LogP contribution in [0.25, 0.3) is 0 Å². The predicted octanol–water partition coefficient (Wildman–Crippen LogP) is 3.85. The normalized spacial score (nSPS) is 13.6. The van der Waals surface area contributed by atoms with E-state index in [-0.39, 0.29) is 5.54 Å². The largest absolute Gasteiger partial charge is 0.381 e. The summed E-state index contributed by atoms with van der Waals surface area (Å²) in [6.07, 6.45) is 0. The first kappa shape index (κ1) is 15.5. The van der Waals surface area contributed by atoms with Gasteiger partial charge in [-0.3, -0.25) is 0 Å². The summed E-state index contributed by atoms with van der Waals surface area (Å²) in [5, 5.41) is 4.31. The lowest BCUT2D eigenvalue weighted by molar-refractivity contribution is 0.129. The topological polar surface area (TPSA) is 21.3 Å². The van der Waals surface area contributed by atoms with Crippen molar-refractivity contribution in [2.45, 2.75) is 39.2 Å². The molecule has 0 aliphatic carbocycles. The molecule has 1 rings (SSSR count). The van der Waals surface area contributed by atoms with Gasteiger partial charge in [0.05, 0.1) is 6.61 Å². The van der Waals surface area contributed by atoms with Gasteiger partial charge in [-0.05, 0) is 45.4 Å². The Morgan fingerprint density at radius 3 is 2.33 bits per heavy atom. The summed E-state index contributed by atoms with van der Waals surface area (Å²) in [5.74, 6) is 0.362. The number of nitrogens with one attached hydrogen (secondary N) is 1. The van der Waals surface area contributed by atoms with Crippen LogP contribution in [0.2, 0.25) is 5.02 Å². The maximum Gasteiger partial charge on any atom is 0.0546 e. The van der Waals surface area contributed by atoms with Crippen LogP contribution in [0.3, 0.4) is 0 Å². The highest BCUT2D eigenvalue weighted by Crippen LogP contribution is 2.19. The molecule has 1 N–H and O–H groups in total. The van der Waals surface area contributed by atoms with Crippen molar-refractivity contribution in [1.29, 1.82) is 0 Å². The van der Waals surface area contributed by atoms with Gasteiger partial charge in [0.1, 0.15) is 0 Å². The molecule has 3 heteroatoms. The molecule has 0 fully saturated rings. The van der Waals surface area contributed by atoms with Crippen molar-refractivity contribution in [2.24, 2.45) is 0 Å². The molecule has 1 unspecified atom stereocenters. The van der Waals surface area contributed by atoms with Gasteiger partial charge in [0.2, 0.25) is 0 Å². The Kier molecular flexibility index (Phi) is 6.13. The Labute approximate surface area is 116 Å². The molecule has 0 spiro atoms. The van der Waals surface area contributed by atoms with E-state index >= 15 is 0 Å². The molecule has 0 saturated carbocycles. The van der Waals surface area contributed by atoms with Crippen molar-refractivity contribution in [3.8, 4) is 0 Å². The summed E-state index contributed by atoms with van der Waals surface area (Å²) in [4.78, 5) is 0. The van der Waals surface area contributed by atoms with E-state index in [4.69, 9.17) is 16.3 Å². The monoisotopic (exact) mass is 269 g/mol. The Hall–Kier alpha value is -0.570. The van der Waals surface area contributed by atoms with E-state index in [0.717, 1.165) is 24.8 Å². The van der Waals surface area contributed by atoms with Crippen molar-refractivity contribution in [3.63, 3.8) is 0 Å². The summed E-state index contributed by atoms with van der Waals surface area (Å²) in [5.41, 5.74) is 1.39. The molecule has 0 amide bonds. The van der Waals surface area contributed by atoms with Crippen molar-refractivity contribution in [1.82, 2.24) is 5.32 Å². The molecule has 0 aliphatic rings.